The Balaban J connectivity index is 1.58. The second-order valence-electron chi connectivity index (χ2n) is 8.15. The molecule has 0 aromatic heterocycles. The van der Waals surface area contributed by atoms with Crippen molar-refractivity contribution in [2.75, 3.05) is 17.2 Å². The van der Waals surface area contributed by atoms with Gasteiger partial charge in [-0.25, -0.2) is 0 Å². The van der Waals surface area contributed by atoms with E-state index in [2.05, 4.69) is 10.6 Å². The van der Waals surface area contributed by atoms with Gasteiger partial charge in [-0.05, 0) is 86.4 Å². The first-order valence-electron chi connectivity index (χ1n) is 10.9. The lowest BCUT2D eigenvalue weighted by molar-refractivity contribution is -0.118. The Morgan fingerprint density at radius 3 is 2.26 bits per heavy atom. The van der Waals surface area contributed by atoms with Gasteiger partial charge < -0.3 is 15.4 Å². The maximum Gasteiger partial charge on any atom is 0.266 e. The summed E-state index contributed by atoms with van der Waals surface area (Å²) in [6.45, 7) is 7.75. The topological polar surface area (TPSA) is 91.2 Å². The number of benzene rings is 3. The number of aryl methyl sites for hydroxylation is 4. The Labute approximate surface area is 199 Å². The van der Waals surface area contributed by atoms with Crippen molar-refractivity contribution >= 4 is 29.3 Å². The molecule has 172 valence electrons. The molecule has 0 fully saturated rings. The average molecular weight is 454 g/mol. The summed E-state index contributed by atoms with van der Waals surface area (Å²) in [6, 6.07) is 20.2. The third-order valence-corrected chi connectivity index (χ3v) is 5.35. The first kappa shape index (κ1) is 24.3. The number of amides is 2. The summed E-state index contributed by atoms with van der Waals surface area (Å²) in [7, 11) is 0. The fourth-order valence-electron chi connectivity index (χ4n) is 3.28. The summed E-state index contributed by atoms with van der Waals surface area (Å²) in [4.78, 5) is 24.7. The van der Waals surface area contributed by atoms with E-state index < -0.39 is 5.91 Å². The molecule has 0 bridgehead atoms. The summed E-state index contributed by atoms with van der Waals surface area (Å²) in [5.74, 6) is -0.231. The molecule has 3 aromatic carbocycles. The van der Waals surface area contributed by atoms with Crippen molar-refractivity contribution in [3.05, 3.63) is 94.1 Å². The molecule has 0 atom stereocenters. The van der Waals surface area contributed by atoms with E-state index in [0.29, 0.717) is 17.0 Å². The van der Waals surface area contributed by atoms with Crippen molar-refractivity contribution in [1.29, 1.82) is 5.26 Å². The van der Waals surface area contributed by atoms with Crippen LogP contribution in [-0.4, -0.2) is 18.4 Å². The molecule has 6 heteroatoms. The molecular weight excluding hydrogens is 426 g/mol. The van der Waals surface area contributed by atoms with Crippen LogP contribution in [0.15, 0.2) is 66.2 Å². The van der Waals surface area contributed by atoms with E-state index >= 15 is 0 Å². The summed E-state index contributed by atoms with van der Waals surface area (Å²) in [6.07, 6.45) is 1.51. The molecule has 3 aromatic rings. The van der Waals surface area contributed by atoms with Gasteiger partial charge in [-0.3, -0.25) is 9.59 Å². The molecule has 3 rings (SSSR count). The Kier molecular flexibility index (Phi) is 7.83. The zero-order valence-corrected chi connectivity index (χ0v) is 19.7. The van der Waals surface area contributed by atoms with E-state index in [1.165, 1.54) is 6.08 Å². The predicted molar refractivity (Wildman–Crippen MR) is 135 cm³/mol. The van der Waals surface area contributed by atoms with Gasteiger partial charge in [-0.2, -0.15) is 5.26 Å². The largest absolute Gasteiger partial charge is 0.484 e. The molecule has 6 nitrogen and oxygen atoms in total. The van der Waals surface area contributed by atoms with Crippen LogP contribution in [0.5, 0.6) is 5.75 Å². The van der Waals surface area contributed by atoms with Gasteiger partial charge in [-0.1, -0.05) is 35.9 Å². The summed E-state index contributed by atoms with van der Waals surface area (Å²) in [5.41, 5.74) is 6.32. The number of nitriles is 1. The van der Waals surface area contributed by atoms with Crippen molar-refractivity contribution in [3.8, 4) is 11.8 Å². The van der Waals surface area contributed by atoms with E-state index in [0.717, 1.165) is 27.9 Å². The number of carbonyl (C=O) groups is 2. The van der Waals surface area contributed by atoms with Crippen LogP contribution in [0, 0.1) is 39.0 Å². The van der Waals surface area contributed by atoms with Crippen LogP contribution in [-0.2, 0) is 9.59 Å². The highest BCUT2D eigenvalue weighted by atomic mass is 16.5. The van der Waals surface area contributed by atoms with Crippen molar-refractivity contribution in [2.45, 2.75) is 27.7 Å². The summed E-state index contributed by atoms with van der Waals surface area (Å²) in [5, 5.41) is 15.0. The molecule has 0 radical (unpaired) electrons. The van der Waals surface area contributed by atoms with Gasteiger partial charge in [-0.15, -0.1) is 0 Å². The first-order valence-corrected chi connectivity index (χ1v) is 10.9. The van der Waals surface area contributed by atoms with E-state index in [1.807, 2.05) is 70.2 Å². The third kappa shape index (κ3) is 6.57. The van der Waals surface area contributed by atoms with Gasteiger partial charge in [0.05, 0.1) is 0 Å². The van der Waals surface area contributed by atoms with E-state index in [-0.39, 0.29) is 18.1 Å². The number of carbonyl (C=O) groups excluding carboxylic acids is 2. The molecule has 0 saturated heterocycles. The number of nitrogens with one attached hydrogen (secondary N) is 2. The Morgan fingerprint density at radius 1 is 0.882 bits per heavy atom. The fraction of sp³-hybridized carbons (Fsp3) is 0.179. The normalized spacial score (nSPS) is 10.9. The second-order valence-corrected chi connectivity index (χ2v) is 8.15. The van der Waals surface area contributed by atoms with Crippen LogP contribution in [0.25, 0.3) is 6.08 Å². The van der Waals surface area contributed by atoms with Crippen LogP contribution in [0.1, 0.15) is 27.8 Å². The quantitative estimate of drug-likeness (QED) is 0.366. The minimum Gasteiger partial charge on any atom is -0.484 e. The Bertz CT molecular complexity index is 1290. The maximum absolute atomic E-state index is 12.5. The van der Waals surface area contributed by atoms with Crippen LogP contribution >= 0.6 is 0 Å². The predicted octanol–water partition coefficient (Wildman–Crippen LogP) is 5.48. The van der Waals surface area contributed by atoms with Crippen molar-refractivity contribution in [3.63, 3.8) is 0 Å². The molecule has 0 aliphatic heterocycles. The molecule has 0 aliphatic rings. The molecule has 0 saturated carbocycles. The van der Waals surface area contributed by atoms with Gasteiger partial charge in [0.2, 0.25) is 0 Å². The van der Waals surface area contributed by atoms with E-state index in [4.69, 9.17) is 4.74 Å². The van der Waals surface area contributed by atoms with E-state index in [9.17, 15) is 14.9 Å². The van der Waals surface area contributed by atoms with Gasteiger partial charge in [0.1, 0.15) is 17.4 Å². The highest BCUT2D eigenvalue weighted by molar-refractivity contribution is 6.10. The lowest BCUT2D eigenvalue weighted by atomic mass is 10.1. The zero-order chi connectivity index (χ0) is 24.7. The zero-order valence-electron chi connectivity index (χ0n) is 19.7. The number of hydrogen-bond acceptors (Lipinski definition) is 4. The molecule has 0 spiro atoms. The van der Waals surface area contributed by atoms with Crippen LogP contribution in [0.3, 0.4) is 0 Å². The minimum atomic E-state index is -0.474. The third-order valence-electron chi connectivity index (χ3n) is 5.35. The maximum atomic E-state index is 12.5. The van der Waals surface area contributed by atoms with Crippen molar-refractivity contribution in [1.82, 2.24) is 0 Å². The standard InChI is InChI=1S/C28H27N3O3/c1-18-5-12-26(21(4)13-18)31-28(33)23(16-29)15-22-7-10-25(11-8-22)34-17-27(32)30-24-9-6-19(2)20(3)14-24/h5-15H,17H2,1-4H3,(H,30,32)(H,31,33)/b23-15+. The van der Waals surface area contributed by atoms with Crippen LogP contribution in [0.4, 0.5) is 11.4 Å². The highest BCUT2D eigenvalue weighted by Gasteiger charge is 2.11. The average Bonchev–Trinajstić information content (AvgIpc) is 2.81. The van der Waals surface area contributed by atoms with Gasteiger partial charge >= 0.3 is 0 Å². The Hall–Kier alpha value is -4.37. The van der Waals surface area contributed by atoms with Gasteiger partial charge in [0.15, 0.2) is 6.61 Å². The number of ether oxygens (including phenoxy) is 1. The molecule has 2 N–H and O–H groups in total. The number of nitrogens with zero attached hydrogens (tertiary/aromatic N) is 1. The minimum absolute atomic E-state index is 0.0126. The molecule has 0 aliphatic carbocycles. The van der Waals surface area contributed by atoms with Crippen molar-refractivity contribution in [2.24, 2.45) is 0 Å². The lowest BCUT2D eigenvalue weighted by Gasteiger charge is -2.10. The second kappa shape index (κ2) is 11.0. The first-order chi connectivity index (χ1) is 16.2. The molecule has 34 heavy (non-hydrogen) atoms. The van der Waals surface area contributed by atoms with Crippen molar-refractivity contribution < 1.29 is 14.3 Å². The van der Waals surface area contributed by atoms with Crippen LogP contribution < -0.4 is 15.4 Å². The fourth-order valence-corrected chi connectivity index (χ4v) is 3.28. The lowest BCUT2D eigenvalue weighted by Crippen LogP contribution is -2.20. The molecule has 0 heterocycles. The summed E-state index contributed by atoms with van der Waals surface area (Å²) < 4.78 is 5.55. The monoisotopic (exact) mass is 453 g/mol. The molecule has 2 amide bonds. The van der Waals surface area contributed by atoms with Gasteiger partial charge in [0, 0.05) is 11.4 Å². The Morgan fingerprint density at radius 2 is 1.62 bits per heavy atom. The molecular formula is C28H27N3O3. The summed E-state index contributed by atoms with van der Waals surface area (Å²) >= 11 is 0. The van der Waals surface area contributed by atoms with Crippen LogP contribution in [0.2, 0.25) is 0 Å². The van der Waals surface area contributed by atoms with E-state index in [1.54, 1.807) is 24.3 Å². The smallest absolute Gasteiger partial charge is 0.266 e. The highest BCUT2D eigenvalue weighted by Crippen LogP contribution is 2.19. The SMILES string of the molecule is Cc1ccc(NC(=O)/C(C#N)=C/c2ccc(OCC(=O)Nc3ccc(C)c(C)c3)cc2)c(C)c1. The number of rotatable bonds is 7. The molecule has 0 unspecified atom stereocenters. The van der Waals surface area contributed by atoms with Gasteiger partial charge in [0.25, 0.3) is 11.8 Å². The number of anilines is 2. The number of hydrogen-bond donors (Lipinski definition) is 2.